The van der Waals surface area contributed by atoms with Crippen molar-refractivity contribution in [1.82, 2.24) is 15.5 Å². The van der Waals surface area contributed by atoms with Gasteiger partial charge in [-0.15, -0.1) is 21.5 Å². The molecule has 0 radical (unpaired) electrons. The van der Waals surface area contributed by atoms with Gasteiger partial charge in [0, 0.05) is 18.3 Å². The fraction of sp³-hybridized carbons (Fsp3) is 0.400. The number of aromatic nitrogens is 2. The van der Waals surface area contributed by atoms with E-state index in [2.05, 4.69) is 45.0 Å². The molecule has 2 rings (SSSR count). The molecule has 0 bridgehead atoms. The summed E-state index contributed by atoms with van der Waals surface area (Å²) in [5.41, 5.74) is 1.01. The van der Waals surface area contributed by atoms with Crippen molar-refractivity contribution in [2.75, 3.05) is 13.1 Å². The number of hydrogen-bond donors (Lipinski definition) is 1. The Bertz CT molecular complexity index is 454. The largest absolute Gasteiger partial charge is 0.421 e. The maximum absolute atomic E-state index is 5.57. The van der Waals surface area contributed by atoms with E-state index in [1.165, 1.54) is 2.88 Å². The highest BCUT2D eigenvalue weighted by Crippen LogP contribution is 2.25. The van der Waals surface area contributed by atoms with Crippen molar-refractivity contribution in [2.24, 2.45) is 0 Å². The van der Waals surface area contributed by atoms with Crippen LogP contribution < -0.4 is 5.32 Å². The van der Waals surface area contributed by atoms with E-state index in [0.29, 0.717) is 11.8 Å². The molecular formula is C10H12IN3OS. The Hall–Kier alpha value is -0.470. The van der Waals surface area contributed by atoms with Gasteiger partial charge in [-0.3, -0.25) is 0 Å². The Morgan fingerprint density at radius 2 is 2.38 bits per heavy atom. The highest BCUT2D eigenvalue weighted by molar-refractivity contribution is 14.1. The molecule has 1 N–H and O–H groups in total. The summed E-state index contributed by atoms with van der Waals surface area (Å²) in [4.78, 5) is 0. The zero-order chi connectivity index (χ0) is 11.4. The van der Waals surface area contributed by atoms with Crippen molar-refractivity contribution in [3.05, 3.63) is 20.2 Å². The summed E-state index contributed by atoms with van der Waals surface area (Å²) in [5.74, 6) is 1.31. The van der Waals surface area contributed by atoms with Crippen molar-refractivity contribution in [2.45, 2.75) is 13.3 Å². The number of rotatable bonds is 5. The van der Waals surface area contributed by atoms with E-state index in [-0.39, 0.29) is 0 Å². The zero-order valence-corrected chi connectivity index (χ0v) is 11.8. The summed E-state index contributed by atoms with van der Waals surface area (Å²) in [7, 11) is 0. The monoisotopic (exact) mass is 349 g/mol. The molecule has 0 aliphatic heterocycles. The summed E-state index contributed by atoms with van der Waals surface area (Å²) in [5, 5.41) is 13.3. The minimum absolute atomic E-state index is 0.616. The molecule has 86 valence electrons. The maximum atomic E-state index is 5.57. The van der Waals surface area contributed by atoms with Crippen LogP contribution in [-0.4, -0.2) is 23.3 Å². The summed E-state index contributed by atoms with van der Waals surface area (Å²) in [6.07, 6.45) is 0.780. The topological polar surface area (TPSA) is 51.0 Å². The van der Waals surface area contributed by atoms with Crippen LogP contribution in [0.5, 0.6) is 0 Å². The third-order valence-electron chi connectivity index (χ3n) is 2.05. The van der Waals surface area contributed by atoms with Crippen LogP contribution in [0.3, 0.4) is 0 Å². The minimum Gasteiger partial charge on any atom is -0.421 e. The number of likely N-dealkylation sites (N-methyl/N-ethyl adjacent to an activating group) is 1. The van der Waals surface area contributed by atoms with Crippen LogP contribution in [0.25, 0.3) is 11.5 Å². The number of halogens is 1. The van der Waals surface area contributed by atoms with Gasteiger partial charge in [-0.2, -0.15) is 0 Å². The van der Waals surface area contributed by atoms with Crippen LogP contribution in [0.1, 0.15) is 12.8 Å². The maximum Gasteiger partial charge on any atom is 0.248 e. The highest BCUT2D eigenvalue weighted by atomic mass is 127. The van der Waals surface area contributed by atoms with Gasteiger partial charge in [-0.05, 0) is 35.2 Å². The highest BCUT2D eigenvalue weighted by Gasteiger charge is 2.09. The van der Waals surface area contributed by atoms with Crippen LogP contribution in [0.2, 0.25) is 0 Å². The number of hydrogen-bond acceptors (Lipinski definition) is 5. The number of thiophene rings is 1. The fourth-order valence-corrected chi connectivity index (χ4v) is 2.59. The lowest BCUT2D eigenvalue weighted by Crippen LogP contribution is -2.16. The summed E-state index contributed by atoms with van der Waals surface area (Å²) in [6, 6.07) is 2.05. The lowest BCUT2D eigenvalue weighted by atomic mass is 10.3. The molecule has 0 aliphatic rings. The Morgan fingerprint density at radius 3 is 3.06 bits per heavy atom. The lowest BCUT2D eigenvalue weighted by Gasteiger charge is -1.95. The van der Waals surface area contributed by atoms with Gasteiger partial charge in [-0.1, -0.05) is 6.92 Å². The van der Waals surface area contributed by atoms with Crippen LogP contribution in [0.15, 0.2) is 15.9 Å². The van der Waals surface area contributed by atoms with Crippen molar-refractivity contribution in [3.63, 3.8) is 0 Å². The van der Waals surface area contributed by atoms with Crippen molar-refractivity contribution >= 4 is 33.9 Å². The second kappa shape index (κ2) is 5.74. The lowest BCUT2D eigenvalue weighted by molar-refractivity contribution is 0.496. The van der Waals surface area contributed by atoms with E-state index < -0.39 is 0 Å². The van der Waals surface area contributed by atoms with Crippen LogP contribution in [0.4, 0.5) is 0 Å². The zero-order valence-electron chi connectivity index (χ0n) is 8.86. The van der Waals surface area contributed by atoms with Crippen molar-refractivity contribution in [1.29, 1.82) is 0 Å². The third kappa shape index (κ3) is 3.02. The van der Waals surface area contributed by atoms with Gasteiger partial charge in [0.05, 0.1) is 8.45 Å². The summed E-state index contributed by atoms with van der Waals surface area (Å²) < 4.78 is 6.79. The van der Waals surface area contributed by atoms with E-state index in [9.17, 15) is 0 Å². The van der Waals surface area contributed by atoms with Gasteiger partial charge in [0.25, 0.3) is 0 Å². The SMILES string of the molecule is CCNCCc1nnc(-c2csc(I)c2)o1. The smallest absolute Gasteiger partial charge is 0.248 e. The molecule has 0 saturated carbocycles. The Kier molecular flexibility index (Phi) is 4.30. The molecular weight excluding hydrogens is 337 g/mol. The molecule has 0 aromatic carbocycles. The first-order chi connectivity index (χ1) is 7.79. The van der Waals surface area contributed by atoms with E-state index in [1.807, 2.05) is 11.4 Å². The van der Waals surface area contributed by atoms with Gasteiger partial charge in [0.1, 0.15) is 0 Å². The van der Waals surface area contributed by atoms with Crippen LogP contribution >= 0.6 is 33.9 Å². The van der Waals surface area contributed by atoms with Gasteiger partial charge in [0.15, 0.2) is 0 Å². The molecule has 2 aromatic heterocycles. The first-order valence-corrected chi connectivity index (χ1v) is 7.03. The number of nitrogens with one attached hydrogen (secondary N) is 1. The Balaban J connectivity index is 2.02. The first-order valence-electron chi connectivity index (χ1n) is 5.07. The van der Waals surface area contributed by atoms with Crippen LogP contribution in [0, 0.1) is 2.88 Å². The average Bonchev–Trinajstić information content (AvgIpc) is 2.87. The molecule has 0 saturated heterocycles. The second-order valence-electron chi connectivity index (χ2n) is 3.24. The van der Waals surface area contributed by atoms with Gasteiger partial charge in [-0.25, -0.2) is 0 Å². The quantitative estimate of drug-likeness (QED) is 0.666. The Labute approximate surface area is 112 Å². The van der Waals surface area contributed by atoms with Gasteiger partial charge >= 0.3 is 0 Å². The molecule has 16 heavy (non-hydrogen) atoms. The van der Waals surface area contributed by atoms with Gasteiger partial charge in [0.2, 0.25) is 11.8 Å². The summed E-state index contributed by atoms with van der Waals surface area (Å²) in [6.45, 7) is 3.91. The molecule has 0 spiro atoms. The average molecular weight is 349 g/mol. The second-order valence-corrected chi connectivity index (χ2v) is 6.05. The molecule has 0 amide bonds. The normalized spacial score (nSPS) is 10.9. The molecule has 0 fully saturated rings. The molecule has 0 atom stereocenters. The minimum atomic E-state index is 0.616. The molecule has 0 unspecified atom stereocenters. The number of nitrogens with zero attached hydrogens (tertiary/aromatic N) is 2. The third-order valence-corrected chi connectivity index (χ3v) is 3.84. The van der Waals surface area contributed by atoms with Crippen molar-refractivity contribution < 1.29 is 4.42 Å². The molecule has 0 aliphatic carbocycles. The molecule has 6 heteroatoms. The van der Waals surface area contributed by atoms with E-state index in [0.717, 1.165) is 25.1 Å². The molecule has 4 nitrogen and oxygen atoms in total. The van der Waals surface area contributed by atoms with E-state index in [4.69, 9.17) is 4.42 Å². The predicted molar refractivity (Wildman–Crippen MR) is 72.6 cm³/mol. The standard InChI is InChI=1S/C10H12IN3OS/c1-2-12-4-3-9-13-14-10(15-9)7-5-8(11)16-6-7/h5-6,12H,2-4H2,1H3. The van der Waals surface area contributed by atoms with Gasteiger partial charge < -0.3 is 9.73 Å². The molecule has 2 heterocycles. The van der Waals surface area contributed by atoms with E-state index >= 15 is 0 Å². The Morgan fingerprint density at radius 1 is 1.50 bits per heavy atom. The first kappa shape index (κ1) is 12.0. The van der Waals surface area contributed by atoms with Crippen molar-refractivity contribution in [3.8, 4) is 11.5 Å². The van der Waals surface area contributed by atoms with Crippen LogP contribution in [-0.2, 0) is 6.42 Å². The predicted octanol–water partition coefficient (Wildman–Crippen LogP) is 2.55. The fourth-order valence-electron chi connectivity index (χ4n) is 1.27. The molecule has 2 aromatic rings. The van der Waals surface area contributed by atoms with E-state index in [1.54, 1.807) is 11.3 Å². The summed E-state index contributed by atoms with van der Waals surface area (Å²) >= 11 is 3.96.